The van der Waals surface area contributed by atoms with Crippen LogP contribution in [0.4, 0.5) is 5.69 Å². The van der Waals surface area contributed by atoms with Crippen LogP contribution in [0.5, 0.6) is 11.5 Å². The number of carbonyl (C=O) groups excluding carboxylic acids is 1. The molecule has 0 aromatic heterocycles. The second-order valence-electron chi connectivity index (χ2n) is 6.19. The minimum atomic E-state index is -0.0726. The second kappa shape index (κ2) is 8.38. The van der Waals surface area contributed by atoms with Crippen LogP contribution in [0.3, 0.4) is 0 Å². The predicted octanol–water partition coefficient (Wildman–Crippen LogP) is 4.38. The highest BCUT2D eigenvalue weighted by molar-refractivity contribution is 6.01. The number of Topliss-reactive ketones (excluding diaryl/α,β-unsaturated/α-hetero) is 1. The molecule has 0 saturated carbocycles. The SMILES string of the molecule is COc1cc(C/C=C/c2ccc(N)cc2C(=O)C(C)C)cc(OC)c1. The van der Waals surface area contributed by atoms with Crippen LogP contribution in [0.25, 0.3) is 6.08 Å². The summed E-state index contributed by atoms with van der Waals surface area (Å²) < 4.78 is 10.6. The maximum atomic E-state index is 12.4. The molecule has 2 aromatic carbocycles. The molecule has 4 nitrogen and oxygen atoms in total. The van der Waals surface area contributed by atoms with Crippen molar-refractivity contribution in [3.63, 3.8) is 0 Å². The minimum absolute atomic E-state index is 0.0726. The summed E-state index contributed by atoms with van der Waals surface area (Å²) in [5.74, 6) is 1.53. The highest BCUT2D eigenvalue weighted by Crippen LogP contribution is 2.24. The summed E-state index contributed by atoms with van der Waals surface area (Å²) >= 11 is 0. The topological polar surface area (TPSA) is 61.5 Å². The van der Waals surface area contributed by atoms with Gasteiger partial charge in [-0.1, -0.05) is 32.1 Å². The highest BCUT2D eigenvalue weighted by atomic mass is 16.5. The molecular formula is C21H25NO3. The van der Waals surface area contributed by atoms with Crippen molar-refractivity contribution >= 4 is 17.5 Å². The van der Waals surface area contributed by atoms with Gasteiger partial charge in [0.2, 0.25) is 0 Å². The molecule has 0 aliphatic carbocycles. The van der Waals surface area contributed by atoms with Gasteiger partial charge in [0.05, 0.1) is 14.2 Å². The van der Waals surface area contributed by atoms with Crippen molar-refractivity contribution in [1.82, 2.24) is 0 Å². The average molecular weight is 339 g/mol. The van der Waals surface area contributed by atoms with E-state index in [1.165, 1.54) is 0 Å². The van der Waals surface area contributed by atoms with Crippen molar-refractivity contribution in [3.05, 3.63) is 59.2 Å². The minimum Gasteiger partial charge on any atom is -0.497 e. The van der Waals surface area contributed by atoms with Crippen molar-refractivity contribution in [2.75, 3.05) is 20.0 Å². The third kappa shape index (κ3) is 4.86. The van der Waals surface area contributed by atoms with E-state index in [1.54, 1.807) is 20.3 Å². The van der Waals surface area contributed by atoms with Crippen LogP contribution in [-0.2, 0) is 6.42 Å². The van der Waals surface area contributed by atoms with Gasteiger partial charge >= 0.3 is 0 Å². The van der Waals surface area contributed by atoms with Crippen LogP contribution in [0.2, 0.25) is 0 Å². The average Bonchev–Trinajstić information content (AvgIpc) is 2.61. The Morgan fingerprint density at radius 3 is 2.28 bits per heavy atom. The number of nitrogen functional groups attached to an aromatic ring is 1. The first-order chi connectivity index (χ1) is 11.9. The summed E-state index contributed by atoms with van der Waals surface area (Å²) in [6.45, 7) is 3.78. The van der Waals surface area contributed by atoms with Gasteiger partial charge in [0.25, 0.3) is 0 Å². The summed E-state index contributed by atoms with van der Waals surface area (Å²) in [6, 6.07) is 11.2. The predicted molar refractivity (Wildman–Crippen MR) is 102 cm³/mol. The molecule has 0 bridgehead atoms. The van der Waals surface area contributed by atoms with Crippen molar-refractivity contribution in [2.24, 2.45) is 5.92 Å². The zero-order valence-corrected chi connectivity index (χ0v) is 15.2. The first kappa shape index (κ1) is 18.6. The van der Waals surface area contributed by atoms with Gasteiger partial charge < -0.3 is 15.2 Å². The van der Waals surface area contributed by atoms with Gasteiger partial charge in [-0.3, -0.25) is 4.79 Å². The molecule has 25 heavy (non-hydrogen) atoms. The lowest BCUT2D eigenvalue weighted by Gasteiger charge is -2.09. The molecule has 0 amide bonds. The third-order valence-electron chi connectivity index (χ3n) is 3.93. The Balaban J connectivity index is 2.24. The zero-order valence-electron chi connectivity index (χ0n) is 15.2. The fraction of sp³-hybridized carbons (Fsp3) is 0.286. The summed E-state index contributed by atoms with van der Waals surface area (Å²) in [7, 11) is 3.26. The molecule has 0 radical (unpaired) electrons. The zero-order chi connectivity index (χ0) is 18.4. The van der Waals surface area contributed by atoms with E-state index in [0.29, 0.717) is 17.7 Å². The Morgan fingerprint density at radius 2 is 1.72 bits per heavy atom. The summed E-state index contributed by atoms with van der Waals surface area (Å²) in [5.41, 5.74) is 9.05. The van der Waals surface area contributed by atoms with Gasteiger partial charge in [0.15, 0.2) is 5.78 Å². The number of ketones is 1. The largest absolute Gasteiger partial charge is 0.497 e. The molecule has 4 heteroatoms. The number of carbonyl (C=O) groups is 1. The third-order valence-corrected chi connectivity index (χ3v) is 3.93. The van der Waals surface area contributed by atoms with E-state index in [1.807, 2.05) is 56.3 Å². The number of hydrogen-bond donors (Lipinski definition) is 1. The monoisotopic (exact) mass is 339 g/mol. The van der Waals surface area contributed by atoms with Crippen LogP contribution in [-0.4, -0.2) is 20.0 Å². The van der Waals surface area contributed by atoms with Crippen LogP contribution < -0.4 is 15.2 Å². The molecule has 0 unspecified atom stereocenters. The van der Waals surface area contributed by atoms with Crippen LogP contribution in [0, 0.1) is 5.92 Å². The van der Waals surface area contributed by atoms with Gasteiger partial charge in [-0.05, 0) is 41.8 Å². The van der Waals surface area contributed by atoms with Crippen LogP contribution in [0.15, 0.2) is 42.5 Å². The summed E-state index contributed by atoms with van der Waals surface area (Å²) in [6.07, 6.45) is 4.69. The Hall–Kier alpha value is -2.75. The van der Waals surface area contributed by atoms with E-state index in [9.17, 15) is 4.79 Å². The molecule has 0 heterocycles. The fourth-order valence-electron chi connectivity index (χ4n) is 2.55. The van der Waals surface area contributed by atoms with E-state index in [4.69, 9.17) is 15.2 Å². The molecule has 132 valence electrons. The molecule has 0 saturated heterocycles. The van der Waals surface area contributed by atoms with E-state index >= 15 is 0 Å². The first-order valence-corrected chi connectivity index (χ1v) is 8.26. The summed E-state index contributed by atoms with van der Waals surface area (Å²) in [4.78, 5) is 12.4. The maximum absolute atomic E-state index is 12.4. The quantitative estimate of drug-likeness (QED) is 0.600. The number of benzene rings is 2. The molecule has 2 N–H and O–H groups in total. The number of allylic oxidation sites excluding steroid dienone is 1. The number of ether oxygens (including phenoxy) is 2. The molecule has 0 atom stereocenters. The van der Waals surface area contributed by atoms with Crippen LogP contribution in [0.1, 0.15) is 35.3 Å². The van der Waals surface area contributed by atoms with E-state index < -0.39 is 0 Å². The smallest absolute Gasteiger partial charge is 0.166 e. The van der Waals surface area contributed by atoms with Gasteiger partial charge in [-0.15, -0.1) is 0 Å². The first-order valence-electron chi connectivity index (χ1n) is 8.26. The lowest BCUT2D eigenvalue weighted by Crippen LogP contribution is -2.09. The molecule has 0 aliphatic rings. The number of rotatable bonds is 7. The summed E-state index contributed by atoms with van der Waals surface area (Å²) in [5, 5.41) is 0. The van der Waals surface area contributed by atoms with E-state index in [0.717, 1.165) is 22.6 Å². The number of nitrogens with two attached hydrogens (primary N) is 1. The lowest BCUT2D eigenvalue weighted by molar-refractivity contribution is 0.0939. The molecule has 0 spiro atoms. The van der Waals surface area contributed by atoms with Gasteiger partial charge in [0.1, 0.15) is 11.5 Å². The number of hydrogen-bond acceptors (Lipinski definition) is 4. The highest BCUT2D eigenvalue weighted by Gasteiger charge is 2.14. The maximum Gasteiger partial charge on any atom is 0.166 e. The fourth-order valence-corrected chi connectivity index (χ4v) is 2.55. The van der Waals surface area contributed by atoms with Crippen LogP contribution >= 0.6 is 0 Å². The number of anilines is 1. The normalized spacial score (nSPS) is 11.1. The standard InChI is InChI=1S/C21H25NO3/c1-14(2)21(23)20-12-17(22)9-8-16(20)7-5-6-15-10-18(24-3)13-19(11-15)25-4/h5,7-14H,6,22H2,1-4H3/b7-5+. The molecule has 2 rings (SSSR count). The van der Waals surface area contributed by atoms with E-state index in [2.05, 4.69) is 0 Å². The Morgan fingerprint density at radius 1 is 1.08 bits per heavy atom. The second-order valence-corrected chi connectivity index (χ2v) is 6.19. The van der Waals surface area contributed by atoms with Crippen molar-refractivity contribution in [1.29, 1.82) is 0 Å². The molecule has 0 aliphatic heterocycles. The Labute approximate surface area is 149 Å². The molecule has 0 fully saturated rings. The Bertz CT molecular complexity index is 756. The van der Waals surface area contributed by atoms with Crippen molar-refractivity contribution < 1.29 is 14.3 Å². The van der Waals surface area contributed by atoms with Gasteiger partial charge in [-0.25, -0.2) is 0 Å². The molecule has 2 aromatic rings. The van der Waals surface area contributed by atoms with Crippen molar-refractivity contribution in [2.45, 2.75) is 20.3 Å². The van der Waals surface area contributed by atoms with E-state index in [-0.39, 0.29) is 11.7 Å². The number of methoxy groups -OCH3 is 2. The van der Waals surface area contributed by atoms with Gasteiger partial charge in [0, 0.05) is 23.2 Å². The molecular weight excluding hydrogens is 314 g/mol. The Kier molecular flexibility index (Phi) is 6.23. The van der Waals surface area contributed by atoms with Gasteiger partial charge in [-0.2, -0.15) is 0 Å². The van der Waals surface area contributed by atoms with Crippen molar-refractivity contribution in [3.8, 4) is 11.5 Å². The lowest BCUT2D eigenvalue weighted by atomic mass is 9.95.